The number of hydrogen-bond donors (Lipinski definition) is 0. The second-order valence-corrected chi connectivity index (χ2v) is 6.66. The van der Waals surface area contributed by atoms with E-state index < -0.39 is 0 Å². The summed E-state index contributed by atoms with van der Waals surface area (Å²) in [7, 11) is 0. The molecule has 2 heterocycles. The average molecular weight is 301 g/mol. The predicted molar refractivity (Wildman–Crippen MR) is 89.0 cm³/mol. The Kier molecular flexibility index (Phi) is 3.50. The number of aromatic nitrogens is 1. The van der Waals surface area contributed by atoms with E-state index in [1.54, 1.807) is 0 Å². The molecule has 2 atom stereocenters. The first-order valence-corrected chi connectivity index (χ1v) is 8.61. The Bertz CT molecular complexity index is 655. The van der Waals surface area contributed by atoms with Crippen molar-refractivity contribution in [2.75, 3.05) is 11.4 Å². The normalized spacial score (nSPS) is 25.3. The lowest BCUT2D eigenvalue weighted by molar-refractivity contribution is 0.341. The Labute approximate surface area is 131 Å². The van der Waals surface area contributed by atoms with Crippen LogP contribution in [0.4, 0.5) is 5.82 Å². The average Bonchev–Trinajstić information content (AvgIpc) is 2.97. The molecule has 2 nitrogen and oxygen atoms in total. The first-order chi connectivity index (χ1) is 10.4. The first kappa shape index (κ1) is 13.4. The fourth-order valence-electron chi connectivity index (χ4n) is 4.17. The van der Waals surface area contributed by atoms with Crippen molar-refractivity contribution in [3.05, 3.63) is 35.9 Å². The zero-order valence-corrected chi connectivity index (χ0v) is 13.0. The minimum atomic E-state index is 0.543. The lowest BCUT2D eigenvalue weighted by atomic mass is 9.85. The van der Waals surface area contributed by atoms with Crippen molar-refractivity contribution in [3.8, 4) is 0 Å². The monoisotopic (exact) mass is 300 g/mol. The highest BCUT2D eigenvalue weighted by atomic mass is 35.5. The molecule has 1 saturated carbocycles. The highest BCUT2D eigenvalue weighted by Gasteiger charge is 2.37. The molecule has 1 aromatic carbocycles. The van der Waals surface area contributed by atoms with Crippen molar-refractivity contribution >= 4 is 28.3 Å². The molecule has 2 aromatic rings. The van der Waals surface area contributed by atoms with Crippen LogP contribution in [0.15, 0.2) is 30.3 Å². The Morgan fingerprint density at radius 1 is 1.14 bits per heavy atom. The highest BCUT2D eigenvalue weighted by molar-refractivity contribution is 6.17. The van der Waals surface area contributed by atoms with Gasteiger partial charge in [0, 0.05) is 23.5 Å². The van der Waals surface area contributed by atoms with Crippen LogP contribution in [0.2, 0.25) is 0 Å². The van der Waals surface area contributed by atoms with E-state index in [9.17, 15) is 0 Å². The molecule has 4 rings (SSSR count). The van der Waals surface area contributed by atoms with Gasteiger partial charge in [-0.15, -0.1) is 11.6 Å². The van der Waals surface area contributed by atoms with Crippen molar-refractivity contribution in [3.63, 3.8) is 0 Å². The summed E-state index contributed by atoms with van der Waals surface area (Å²) in [5.41, 5.74) is 2.27. The van der Waals surface area contributed by atoms with Crippen LogP contribution in [-0.4, -0.2) is 17.6 Å². The molecule has 2 aliphatic rings. The molecule has 21 heavy (non-hydrogen) atoms. The van der Waals surface area contributed by atoms with Gasteiger partial charge in [0.2, 0.25) is 0 Å². The number of benzene rings is 1. The third-order valence-corrected chi connectivity index (χ3v) is 5.49. The molecule has 3 heteroatoms. The third-order valence-electron chi connectivity index (χ3n) is 5.21. The van der Waals surface area contributed by atoms with E-state index in [-0.39, 0.29) is 0 Å². The summed E-state index contributed by atoms with van der Waals surface area (Å²) in [5.74, 6) is 2.55. The summed E-state index contributed by atoms with van der Waals surface area (Å²) in [6.07, 6.45) is 6.80. The number of hydrogen-bond acceptors (Lipinski definition) is 2. The van der Waals surface area contributed by atoms with Crippen LogP contribution in [0.5, 0.6) is 0 Å². The lowest BCUT2D eigenvalue weighted by Crippen LogP contribution is -2.35. The maximum atomic E-state index is 6.22. The Morgan fingerprint density at radius 2 is 2.00 bits per heavy atom. The lowest BCUT2D eigenvalue weighted by Gasteiger charge is -2.33. The fourth-order valence-corrected chi connectivity index (χ4v) is 4.36. The van der Waals surface area contributed by atoms with Gasteiger partial charge in [0.15, 0.2) is 0 Å². The quantitative estimate of drug-likeness (QED) is 0.745. The Balaban J connectivity index is 1.78. The van der Waals surface area contributed by atoms with Gasteiger partial charge < -0.3 is 4.90 Å². The van der Waals surface area contributed by atoms with Crippen molar-refractivity contribution in [2.24, 2.45) is 5.92 Å². The van der Waals surface area contributed by atoms with Gasteiger partial charge in [-0.1, -0.05) is 31.0 Å². The van der Waals surface area contributed by atoms with E-state index in [0.29, 0.717) is 11.9 Å². The number of anilines is 1. The van der Waals surface area contributed by atoms with E-state index in [0.717, 1.165) is 23.8 Å². The number of nitrogens with zero attached hydrogens (tertiary/aromatic N) is 2. The maximum Gasteiger partial charge on any atom is 0.133 e. The van der Waals surface area contributed by atoms with Crippen LogP contribution in [0.25, 0.3) is 10.9 Å². The van der Waals surface area contributed by atoms with Gasteiger partial charge in [-0.3, -0.25) is 0 Å². The summed E-state index contributed by atoms with van der Waals surface area (Å²) >= 11 is 6.22. The van der Waals surface area contributed by atoms with Crippen LogP contribution in [0.1, 0.15) is 37.7 Å². The third kappa shape index (κ3) is 2.30. The molecule has 0 bridgehead atoms. The smallest absolute Gasteiger partial charge is 0.133 e. The molecular weight excluding hydrogens is 280 g/mol. The summed E-state index contributed by atoms with van der Waals surface area (Å²) in [5, 5.41) is 1.19. The topological polar surface area (TPSA) is 16.1 Å². The molecule has 1 aromatic heterocycles. The maximum absolute atomic E-state index is 6.22. The molecule has 0 amide bonds. The number of halogens is 1. The molecule has 0 radical (unpaired) electrons. The summed E-state index contributed by atoms with van der Waals surface area (Å²) < 4.78 is 0. The fraction of sp³-hybridized carbons (Fsp3) is 0.500. The van der Waals surface area contributed by atoms with Gasteiger partial charge in [-0.25, -0.2) is 4.98 Å². The van der Waals surface area contributed by atoms with Crippen LogP contribution in [-0.2, 0) is 5.88 Å². The minimum Gasteiger partial charge on any atom is -0.353 e. The molecular formula is C18H21ClN2. The number of fused-ring (bicyclic) bond motifs is 2. The standard InChI is InChI=1S/C18H21ClN2/c19-12-15-11-14-6-1-3-7-16(14)20-18(15)21-10-9-13-5-2-4-8-17(13)21/h1,3,6-7,11,13,17H,2,4-5,8-10,12H2. The van der Waals surface area contributed by atoms with Crippen LogP contribution in [0.3, 0.4) is 0 Å². The largest absolute Gasteiger partial charge is 0.353 e. The van der Waals surface area contributed by atoms with Gasteiger partial charge in [0.05, 0.1) is 11.4 Å². The van der Waals surface area contributed by atoms with E-state index in [1.807, 2.05) is 0 Å². The molecule has 1 aliphatic heterocycles. The van der Waals surface area contributed by atoms with Crippen molar-refractivity contribution < 1.29 is 0 Å². The van der Waals surface area contributed by atoms with E-state index in [1.165, 1.54) is 43.1 Å². The Morgan fingerprint density at radius 3 is 2.90 bits per heavy atom. The summed E-state index contributed by atoms with van der Waals surface area (Å²) in [4.78, 5) is 7.51. The number of para-hydroxylation sites is 1. The van der Waals surface area contributed by atoms with Crippen molar-refractivity contribution in [2.45, 2.75) is 44.0 Å². The molecule has 2 unspecified atom stereocenters. The summed E-state index contributed by atoms with van der Waals surface area (Å²) in [6.45, 7) is 1.14. The second kappa shape index (κ2) is 5.49. The number of pyridine rings is 1. The molecule has 1 aliphatic carbocycles. The zero-order chi connectivity index (χ0) is 14.2. The molecule has 110 valence electrons. The zero-order valence-electron chi connectivity index (χ0n) is 12.3. The predicted octanol–water partition coefficient (Wildman–Crippen LogP) is 4.74. The summed E-state index contributed by atoms with van der Waals surface area (Å²) in [6, 6.07) is 11.3. The van der Waals surface area contributed by atoms with E-state index in [2.05, 4.69) is 35.2 Å². The van der Waals surface area contributed by atoms with Gasteiger partial charge >= 0.3 is 0 Å². The molecule has 2 fully saturated rings. The van der Waals surface area contributed by atoms with Crippen molar-refractivity contribution in [1.82, 2.24) is 4.98 Å². The first-order valence-electron chi connectivity index (χ1n) is 8.08. The Hall–Kier alpha value is -1.28. The van der Waals surface area contributed by atoms with Crippen LogP contribution in [0, 0.1) is 5.92 Å². The van der Waals surface area contributed by atoms with Crippen LogP contribution < -0.4 is 4.90 Å². The highest BCUT2D eigenvalue weighted by Crippen LogP contribution is 2.40. The molecule has 0 spiro atoms. The van der Waals surface area contributed by atoms with E-state index >= 15 is 0 Å². The van der Waals surface area contributed by atoms with Crippen LogP contribution >= 0.6 is 11.6 Å². The van der Waals surface area contributed by atoms with Crippen molar-refractivity contribution in [1.29, 1.82) is 0 Å². The number of rotatable bonds is 2. The van der Waals surface area contributed by atoms with Gasteiger partial charge in [0.25, 0.3) is 0 Å². The second-order valence-electron chi connectivity index (χ2n) is 6.39. The van der Waals surface area contributed by atoms with Gasteiger partial charge in [0.1, 0.15) is 5.82 Å². The molecule has 0 N–H and O–H groups in total. The van der Waals surface area contributed by atoms with Gasteiger partial charge in [-0.2, -0.15) is 0 Å². The SMILES string of the molecule is ClCc1cc2ccccc2nc1N1CCC2CCCCC21. The minimum absolute atomic E-state index is 0.543. The number of alkyl halides is 1. The molecule has 1 saturated heterocycles. The van der Waals surface area contributed by atoms with Gasteiger partial charge in [-0.05, 0) is 37.3 Å². The van der Waals surface area contributed by atoms with E-state index in [4.69, 9.17) is 16.6 Å².